The van der Waals surface area contributed by atoms with Crippen LogP contribution < -0.4 is 15.5 Å². The maximum Gasteiger partial charge on any atom is 0.262 e. The number of rotatable bonds is 11. The molecule has 0 unspecified atom stereocenters. The Hall–Kier alpha value is -4.83. The van der Waals surface area contributed by atoms with Crippen molar-refractivity contribution in [2.24, 2.45) is 10.9 Å². The van der Waals surface area contributed by atoms with E-state index in [0.717, 1.165) is 47.7 Å². The molecule has 1 aliphatic carbocycles. The average molecular weight is 639 g/mol. The summed E-state index contributed by atoms with van der Waals surface area (Å²) in [6, 6.07) is 11.1. The topological polar surface area (TPSA) is 104 Å². The molecule has 0 bridgehead atoms. The first-order chi connectivity index (χ1) is 22.3. The van der Waals surface area contributed by atoms with Crippen molar-refractivity contribution in [3.8, 4) is 16.9 Å². The number of aromatic nitrogens is 2. The summed E-state index contributed by atoms with van der Waals surface area (Å²) in [5.74, 6) is 4.62. The first-order valence-corrected chi connectivity index (χ1v) is 16.2. The van der Waals surface area contributed by atoms with Crippen LogP contribution in [0, 0.1) is 12.8 Å². The van der Waals surface area contributed by atoms with E-state index >= 15 is 0 Å². The maximum atomic E-state index is 13.6. The van der Waals surface area contributed by atoms with E-state index in [1.807, 2.05) is 65.9 Å². The highest BCUT2D eigenvalue weighted by Crippen LogP contribution is 2.25. The van der Waals surface area contributed by atoms with Crippen molar-refractivity contribution in [3.05, 3.63) is 125 Å². The second kappa shape index (κ2) is 15.4. The molecule has 1 amide bonds. The van der Waals surface area contributed by atoms with E-state index in [1.54, 1.807) is 44.8 Å². The van der Waals surface area contributed by atoms with Gasteiger partial charge in [0.25, 0.3) is 5.91 Å². The molecule has 3 heterocycles. The number of benzene rings is 1. The summed E-state index contributed by atoms with van der Waals surface area (Å²) in [6.07, 6.45) is 14.8. The van der Waals surface area contributed by atoms with Gasteiger partial charge in [0, 0.05) is 48.9 Å². The molecule has 1 aliphatic heterocycles. The molecule has 1 N–H and O–H groups in total. The Bertz CT molecular complexity index is 1750. The van der Waals surface area contributed by atoms with Gasteiger partial charge in [0.15, 0.2) is 11.5 Å². The minimum Gasteiger partial charge on any atom is -0.493 e. The number of hydrogen-bond acceptors (Lipinski definition) is 8. The molecular formula is C36H38N4O5S. The van der Waals surface area contributed by atoms with Gasteiger partial charge in [0.2, 0.25) is 5.43 Å². The van der Waals surface area contributed by atoms with E-state index in [1.165, 1.54) is 6.20 Å². The molecule has 9 nitrogen and oxygen atoms in total. The Morgan fingerprint density at radius 2 is 1.87 bits per heavy atom. The van der Waals surface area contributed by atoms with E-state index in [4.69, 9.17) is 14.2 Å². The normalized spacial score (nSPS) is 16.1. The summed E-state index contributed by atoms with van der Waals surface area (Å²) in [5.41, 5.74) is 2.94. The third-order valence-electron chi connectivity index (χ3n) is 7.70. The number of pyridine rings is 2. The van der Waals surface area contributed by atoms with Gasteiger partial charge in [0.1, 0.15) is 22.9 Å². The average Bonchev–Trinajstić information content (AvgIpc) is 3.07. The van der Waals surface area contributed by atoms with E-state index in [9.17, 15) is 9.59 Å². The van der Waals surface area contributed by atoms with Crippen LogP contribution in [0.1, 0.15) is 35.2 Å². The largest absolute Gasteiger partial charge is 0.493 e. The van der Waals surface area contributed by atoms with Crippen molar-refractivity contribution in [1.82, 2.24) is 9.55 Å². The fourth-order valence-electron chi connectivity index (χ4n) is 5.18. The Kier molecular flexibility index (Phi) is 10.9. The van der Waals surface area contributed by atoms with Crippen molar-refractivity contribution in [1.29, 1.82) is 0 Å². The molecule has 46 heavy (non-hydrogen) atoms. The van der Waals surface area contributed by atoms with Crippen LogP contribution in [0.3, 0.4) is 0 Å². The van der Waals surface area contributed by atoms with Crippen molar-refractivity contribution >= 4 is 29.2 Å². The second-order valence-electron chi connectivity index (χ2n) is 11.1. The molecule has 1 fully saturated rings. The number of thioether (sulfide) groups is 1. The van der Waals surface area contributed by atoms with Gasteiger partial charge in [0.05, 0.1) is 20.4 Å². The lowest BCUT2D eigenvalue weighted by atomic mass is 10.0. The zero-order chi connectivity index (χ0) is 32.5. The summed E-state index contributed by atoms with van der Waals surface area (Å²) in [6.45, 7) is 6.67. The summed E-state index contributed by atoms with van der Waals surface area (Å²) in [7, 11) is 3.17. The Balaban J connectivity index is 1.26. The number of aliphatic imine (C=N–C) groups is 1. The number of amides is 1. The van der Waals surface area contributed by atoms with Gasteiger partial charge in [-0.2, -0.15) is 11.8 Å². The van der Waals surface area contributed by atoms with Crippen LogP contribution in [0.5, 0.6) is 5.75 Å². The number of methoxy groups -OCH3 is 2. The van der Waals surface area contributed by atoms with Crippen LogP contribution in [-0.4, -0.2) is 46.9 Å². The Labute approximate surface area is 273 Å². The monoisotopic (exact) mass is 638 g/mol. The number of anilines is 1. The number of nitrogens with zero attached hydrogens (tertiary/aromatic N) is 3. The third-order valence-corrected chi connectivity index (χ3v) is 8.75. The zero-order valence-electron chi connectivity index (χ0n) is 26.3. The molecule has 238 valence electrons. The molecule has 5 rings (SSSR count). The van der Waals surface area contributed by atoms with Crippen LogP contribution in [0.2, 0.25) is 0 Å². The van der Waals surface area contributed by atoms with Gasteiger partial charge in [-0.3, -0.25) is 14.6 Å². The third kappa shape index (κ3) is 8.45. The molecule has 3 aromatic rings. The van der Waals surface area contributed by atoms with Crippen molar-refractivity contribution < 1.29 is 19.0 Å². The standard InChI is InChI=1S/C36H38N4O5S/c1-24-5-7-27(8-6-24)30-22-40(21-26-14-17-46-18-15-26)23-31(35(30)41)36(42)39-34-12-10-29(20-38-34)45-25(2)13-16-37-28-9-11-32(43-3)33(19-28)44-4/h5-8,10-13,16,19-20,22-23,26H,2,9,14-15,17-18,21H2,1,3-4H3,(H,38,39,42)/b16-13-,37-28+. The fourth-order valence-corrected chi connectivity index (χ4v) is 6.38. The highest BCUT2D eigenvalue weighted by molar-refractivity contribution is 7.99. The number of hydrogen-bond donors (Lipinski definition) is 1. The highest BCUT2D eigenvalue weighted by atomic mass is 32.2. The number of nitrogens with one attached hydrogen (secondary N) is 1. The van der Waals surface area contributed by atoms with Gasteiger partial charge in [-0.1, -0.05) is 36.4 Å². The molecule has 1 aromatic carbocycles. The van der Waals surface area contributed by atoms with Gasteiger partial charge < -0.3 is 24.1 Å². The van der Waals surface area contributed by atoms with Gasteiger partial charge in [-0.15, -0.1) is 0 Å². The van der Waals surface area contributed by atoms with Crippen LogP contribution in [0.4, 0.5) is 5.82 Å². The summed E-state index contributed by atoms with van der Waals surface area (Å²) < 4.78 is 18.4. The minimum atomic E-state index is -0.514. The molecule has 10 heteroatoms. The maximum absolute atomic E-state index is 13.6. The van der Waals surface area contributed by atoms with Gasteiger partial charge in [-0.25, -0.2) is 4.98 Å². The van der Waals surface area contributed by atoms with Gasteiger partial charge in [-0.05, 0) is 67.0 Å². The van der Waals surface area contributed by atoms with Crippen molar-refractivity contribution in [3.63, 3.8) is 0 Å². The Morgan fingerprint density at radius 1 is 1.11 bits per heavy atom. The number of carbonyl (C=O) groups is 1. The first kappa shape index (κ1) is 32.6. The van der Waals surface area contributed by atoms with E-state index in [0.29, 0.717) is 46.7 Å². The Morgan fingerprint density at radius 3 is 2.57 bits per heavy atom. The van der Waals surface area contributed by atoms with Crippen molar-refractivity contribution in [2.45, 2.75) is 32.7 Å². The van der Waals surface area contributed by atoms with Gasteiger partial charge >= 0.3 is 0 Å². The van der Waals surface area contributed by atoms with E-state index in [-0.39, 0.29) is 11.0 Å². The molecule has 0 saturated carbocycles. The van der Waals surface area contributed by atoms with E-state index in [2.05, 4.69) is 21.9 Å². The second-order valence-corrected chi connectivity index (χ2v) is 12.3. The predicted octanol–water partition coefficient (Wildman–Crippen LogP) is 6.93. The quantitative estimate of drug-likeness (QED) is 0.180. The molecular weight excluding hydrogens is 600 g/mol. The zero-order valence-corrected chi connectivity index (χ0v) is 27.1. The summed E-state index contributed by atoms with van der Waals surface area (Å²) in [5, 5.41) is 2.78. The molecule has 0 radical (unpaired) electrons. The molecule has 0 spiro atoms. The number of allylic oxidation sites excluding steroid dienone is 3. The lowest BCUT2D eigenvalue weighted by molar-refractivity contribution is 0.102. The number of aryl methyl sites for hydroxylation is 1. The first-order valence-electron chi connectivity index (χ1n) is 15.1. The highest BCUT2D eigenvalue weighted by Gasteiger charge is 2.20. The number of carbonyl (C=O) groups excluding carboxylic acids is 1. The predicted molar refractivity (Wildman–Crippen MR) is 184 cm³/mol. The molecule has 1 saturated heterocycles. The lowest BCUT2D eigenvalue weighted by Gasteiger charge is -2.23. The molecule has 2 aromatic heterocycles. The van der Waals surface area contributed by atoms with Crippen LogP contribution in [-0.2, 0) is 16.0 Å². The number of ether oxygens (including phenoxy) is 3. The smallest absolute Gasteiger partial charge is 0.262 e. The van der Waals surface area contributed by atoms with E-state index < -0.39 is 5.91 Å². The molecule has 2 aliphatic rings. The lowest BCUT2D eigenvalue weighted by Crippen LogP contribution is -2.26. The van der Waals surface area contributed by atoms with Crippen LogP contribution in [0.15, 0.2) is 113 Å². The fraction of sp³-hybridized carbons (Fsp3) is 0.278. The molecule has 0 atom stereocenters. The van der Waals surface area contributed by atoms with Crippen molar-refractivity contribution in [2.75, 3.05) is 31.0 Å². The SMILES string of the molecule is C=C(/C=C\N=C1\C=C(OC)C(OC)=CC1)Oc1ccc(NC(=O)c2cn(CC3CCSCC3)cc(-c3ccc(C)cc3)c2=O)nc1. The van der Waals surface area contributed by atoms with Crippen LogP contribution >= 0.6 is 11.8 Å². The summed E-state index contributed by atoms with van der Waals surface area (Å²) >= 11 is 1.97. The summed E-state index contributed by atoms with van der Waals surface area (Å²) in [4.78, 5) is 35.8. The van der Waals surface area contributed by atoms with Crippen LogP contribution in [0.25, 0.3) is 11.1 Å². The minimum absolute atomic E-state index is 0.0740.